The van der Waals surface area contributed by atoms with Crippen LogP contribution in [0.2, 0.25) is 0 Å². The molecule has 1 amide bonds. The van der Waals surface area contributed by atoms with Gasteiger partial charge in [0.1, 0.15) is 18.2 Å². The third-order valence-corrected chi connectivity index (χ3v) is 5.64. The minimum absolute atomic E-state index is 0.129. The molecule has 3 aromatic rings. The largest absolute Gasteiger partial charge is 0.444 e. The first-order chi connectivity index (χ1) is 14.0. The molecule has 3 nitrogen and oxygen atoms in total. The highest BCUT2D eigenvalue weighted by molar-refractivity contribution is 9.10. The van der Waals surface area contributed by atoms with Gasteiger partial charge in [-0.25, -0.2) is 13.6 Å². The number of benzene rings is 3. The summed E-state index contributed by atoms with van der Waals surface area (Å²) < 4.78 is 33.3. The molecule has 1 aliphatic rings. The van der Waals surface area contributed by atoms with Crippen LogP contribution in [0.25, 0.3) is 0 Å². The molecule has 1 aliphatic heterocycles. The van der Waals surface area contributed by atoms with Crippen LogP contribution in [0.15, 0.2) is 71.2 Å². The number of ether oxygens (including phenoxy) is 1. The summed E-state index contributed by atoms with van der Waals surface area (Å²) in [7, 11) is 0. The van der Waals surface area contributed by atoms with E-state index in [0.29, 0.717) is 18.5 Å². The van der Waals surface area contributed by atoms with Crippen molar-refractivity contribution >= 4 is 27.7 Å². The summed E-state index contributed by atoms with van der Waals surface area (Å²) in [6.07, 6.45) is 0.659. The van der Waals surface area contributed by atoms with Crippen molar-refractivity contribution in [3.8, 4) is 0 Å². The van der Waals surface area contributed by atoms with E-state index < -0.39 is 6.09 Å². The van der Waals surface area contributed by atoms with E-state index in [2.05, 4.69) is 15.9 Å². The standard InChI is InChI=1S/C23H18BrF2NO2/c24-19-13-22-17(12-20(19)26)8-11-21(16-6-9-18(25)10-7-16)27(22)23(28)29-14-15-4-2-1-3-5-15/h1-7,9-10,12-13,21H,8,11,14H2. The highest BCUT2D eigenvalue weighted by atomic mass is 79.9. The maximum absolute atomic E-state index is 14.0. The molecule has 0 saturated heterocycles. The highest BCUT2D eigenvalue weighted by Gasteiger charge is 2.34. The zero-order valence-corrected chi connectivity index (χ0v) is 17.0. The molecule has 1 unspecified atom stereocenters. The normalized spacial score (nSPS) is 15.7. The Hall–Kier alpha value is -2.73. The summed E-state index contributed by atoms with van der Waals surface area (Å²) in [6, 6.07) is 18.2. The first-order valence-corrected chi connectivity index (χ1v) is 10.1. The lowest BCUT2D eigenvalue weighted by Gasteiger charge is -2.37. The van der Waals surface area contributed by atoms with Crippen molar-refractivity contribution in [1.82, 2.24) is 0 Å². The molecule has 0 bridgehead atoms. The summed E-state index contributed by atoms with van der Waals surface area (Å²) in [5, 5.41) is 0. The van der Waals surface area contributed by atoms with Crippen LogP contribution >= 0.6 is 15.9 Å². The maximum atomic E-state index is 14.0. The number of carbonyl (C=O) groups is 1. The van der Waals surface area contributed by atoms with Gasteiger partial charge < -0.3 is 4.74 Å². The van der Waals surface area contributed by atoms with Gasteiger partial charge in [-0.15, -0.1) is 0 Å². The van der Waals surface area contributed by atoms with Crippen LogP contribution in [-0.4, -0.2) is 6.09 Å². The van der Waals surface area contributed by atoms with Crippen LogP contribution in [-0.2, 0) is 17.8 Å². The predicted molar refractivity (Wildman–Crippen MR) is 111 cm³/mol. The Balaban J connectivity index is 1.68. The molecule has 0 N–H and O–H groups in total. The number of aryl methyl sites for hydroxylation is 1. The average Bonchev–Trinajstić information content (AvgIpc) is 2.73. The van der Waals surface area contributed by atoms with E-state index in [1.54, 1.807) is 23.1 Å². The molecule has 0 fully saturated rings. The number of nitrogens with zero attached hydrogens (tertiary/aromatic N) is 1. The fourth-order valence-electron chi connectivity index (χ4n) is 3.61. The molecular weight excluding hydrogens is 440 g/mol. The molecule has 1 heterocycles. The average molecular weight is 458 g/mol. The molecule has 0 spiro atoms. The van der Waals surface area contributed by atoms with Crippen LogP contribution in [0.5, 0.6) is 0 Å². The van der Waals surface area contributed by atoms with Crippen LogP contribution in [0.4, 0.5) is 19.3 Å². The third-order valence-electron chi connectivity index (χ3n) is 5.04. The number of rotatable bonds is 3. The molecule has 29 heavy (non-hydrogen) atoms. The van der Waals surface area contributed by atoms with E-state index in [9.17, 15) is 13.6 Å². The van der Waals surface area contributed by atoms with E-state index in [1.165, 1.54) is 18.2 Å². The molecule has 6 heteroatoms. The molecule has 4 rings (SSSR count). The van der Waals surface area contributed by atoms with Gasteiger partial charge in [-0.05, 0) is 69.7 Å². The summed E-state index contributed by atoms with van der Waals surface area (Å²) in [5.74, 6) is -0.713. The molecule has 0 aliphatic carbocycles. The Morgan fingerprint density at radius 1 is 1.07 bits per heavy atom. The fourth-order valence-corrected chi connectivity index (χ4v) is 3.94. The first kappa shape index (κ1) is 19.6. The third kappa shape index (κ3) is 4.17. The van der Waals surface area contributed by atoms with Gasteiger partial charge in [-0.1, -0.05) is 42.5 Å². The van der Waals surface area contributed by atoms with Crippen molar-refractivity contribution in [1.29, 1.82) is 0 Å². The second-order valence-corrected chi connectivity index (χ2v) is 7.77. The van der Waals surface area contributed by atoms with Crippen LogP contribution < -0.4 is 4.90 Å². The Kier molecular flexibility index (Phi) is 5.62. The molecule has 3 aromatic carbocycles. The lowest BCUT2D eigenvalue weighted by atomic mass is 9.91. The second kappa shape index (κ2) is 8.33. The van der Waals surface area contributed by atoms with Crippen LogP contribution in [0.3, 0.4) is 0 Å². The lowest BCUT2D eigenvalue weighted by molar-refractivity contribution is 0.143. The number of halogens is 3. The highest BCUT2D eigenvalue weighted by Crippen LogP contribution is 2.41. The molecular formula is C23H18BrF2NO2. The minimum atomic E-state index is -0.525. The molecule has 0 saturated carbocycles. The Bertz CT molecular complexity index is 1030. The van der Waals surface area contributed by atoms with Gasteiger partial charge in [0, 0.05) is 0 Å². The van der Waals surface area contributed by atoms with Crippen molar-refractivity contribution in [3.63, 3.8) is 0 Å². The van der Waals surface area contributed by atoms with Crippen LogP contribution in [0, 0.1) is 11.6 Å². The Morgan fingerprint density at radius 3 is 2.52 bits per heavy atom. The minimum Gasteiger partial charge on any atom is -0.444 e. The van der Waals surface area contributed by atoms with E-state index in [0.717, 1.165) is 16.7 Å². The van der Waals surface area contributed by atoms with Gasteiger partial charge in [0.25, 0.3) is 0 Å². The van der Waals surface area contributed by atoms with Gasteiger partial charge in [0.15, 0.2) is 0 Å². The molecule has 148 valence electrons. The van der Waals surface area contributed by atoms with Crippen molar-refractivity contribution in [3.05, 3.63) is 99.5 Å². The predicted octanol–water partition coefficient (Wildman–Crippen LogP) is 6.56. The Morgan fingerprint density at radius 2 is 1.79 bits per heavy atom. The van der Waals surface area contributed by atoms with Gasteiger partial charge in [0.2, 0.25) is 0 Å². The van der Waals surface area contributed by atoms with Crippen LogP contribution in [0.1, 0.15) is 29.2 Å². The summed E-state index contributed by atoms with van der Waals surface area (Å²) >= 11 is 3.21. The number of hydrogen-bond acceptors (Lipinski definition) is 2. The van der Waals surface area contributed by atoms with Crippen molar-refractivity contribution in [2.75, 3.05) is 4.90 Å². The fraction of sp³-hybridized carbons (Fsp3) is 0.174. The van der Waals surface area contributed by atoms with Crippen molar-refractivity contribution in [2.45, 2.75) is 25.5 Å². The van der Waals surface area contributed by atoms with Crippen molar-refractivity contribution < 1.29 is 18.3 Å². The zero-order chi connectivity index (χ0) is 20.4. The molecule has 0 aromatic heterocycles. The first-order valence-electron chi connectivity index (χ1n) is 9.26. The number of anilines is 1. The maximum Gasteiger partial charge on any atom is 0.415 e. The monoisotopic (exact) mass is 457 g/mol. The van der Waals surface area contributed by atoms with E-state index >= 15 is 0 Å². The topological polar surface area (TPSA) is 29.5 Å². The summed E-state index contributed by atoms with van der Waals surface area (Å²) in [6.45, 7) is 0.129. The number of amides is 1. The number of hydrogen-bond donors (Lipinski definition) is 0. The quantitative estimate of drug-likeness (QED) is 0.445. The van der Waals surface area contributed by atoms with Gasteiger partial charge in [-0.3, -0.25) is 4.90 Å². The number of carbonyl (C=O) groups excluding carboxylic acids is 1. The zero-order valence-electron chi connectivity index (χ0n) is 15.4. The molecule has 1 atom stereocenters. The number of fused-ring (bicyclic) bond motifs is 1. The van der Waals surface area contributed by atoms with Gasteiger partial charge >= 0.3 is 6.09 Å². The lowest BCUT2D eigenvalue weighted by Crippen LogP contribution is -2.39. The Labute approximate surface area is 176 Å². The van der Waals surface area contributed by atoms with E-state index in [-0.39, 0.29) is 28.8 Å². The molecule has 0 radical (unpaired) electrons. The SMILES string of the molecule is O=C(OCc1ccccc1)N1c2cc(Br)c(F)cc2CCC1c1ccc(F)cc1. The van der Waals surface area contributed by atoms with E-state index in [4.69, 9.17) is 4.74 Å². The second-order valence-electron chi connectivity index (χ2n) is 6.91. The van der Waals surface area contributed by atoms with E-state index in [1.807, 2.05) is 30.3 Å². The smallest absolute Gasteiger partial charge is 0.415 e. The van der Waals surface area contributed by atoms with Crippen molar-refractivity contribution in [2.24, 2.45) is 0 Å². The summed E-state index contributed by atoms with van der Waals surface area (Å²) in [4.78, 5) is 14.6. The van der Waals surface area contributed by atoms with Gasteiger partial charge in [0.05, 0.1) is 16.2 Å². The van der Waals surface area contributed by atoms with Gasteiger partial charge in [-0.2, -0.15) is 0 Å². The summed E-state index contributed by atoms with van der Waals surface area (Å²) in [5.41, 5.74) is 3.00.